The van der Waals surface area contributed by atoms with E-state index in [2.05, 4.69) is 40.0 Å². The standard InChI is InChI=1S/C15H19BrN2O.ClH/c1-11-15(12(2)18-17-11)5-3-4-10-19-14-8-6-13(16)7-9-14;/h6-9H,3-5,10H2,1-2H3,(H,17,18);1H. The van der Waals surface area contributed by atoms with Crippen LogP contribution >= 0.6 is 28.3 Å². The Kier molecular flexibility index (Phi) is 7.10. The predicted molar refractivity (Wildman–Crippen MR) is 87.9 cm³/mol. The highest BCUT2D eigenvalue weighted by molar-refractivity contribution is 9.10. The molecule has 0 radical (unpaired) electrons. The van der Waals surface area contributed by atoms with Crippen LogP contribution in [-0.4, -0.2) is 16.8 Å². The maximum Gasteiger partial charge on any atom is 0.119 e. The van der Waals surface area contributed by atoms with Gasteiger partial charge in [0.2, 0.25) is 0 Å². The number of H-pyrrole nitrogens is 1. The fourth-order valence-electron chi connectivity index (χ4n) is 2.07. The number of aryl methyl sites for hydroxylation is 2. The quantitative estimate of drug-likeness (QED) is 0.765. The lowest BCUT2D eigenvalue weighted by Crippen LogP contribution is -1.99. The highest BCUT2D eigenvalue weighted by atomic mass is 79.9. The monoisotopic (exact) mass is 358 g/mol. The van der Waals surface area contributed by atoms with Crippen LogP contribution in [0.2, 0.25) is 0 Å². The Bertz CT molecular complexity index is 506. The van der Waals surface area contributed by atoms with Crippen LogP contribution in [0.15, 0.2) is 28.7 Å². The molecule has 0 amide bonds. The van der Waals surface area contributed by atoms with Crippen LogP contribution in [0.25, 0.3) is 0 Å². The van der Waals surface area contributed by atoms with Gasteiger partial charge in [-0.1, -0.05) is 15.9 Å². The second-order valence-corrected chi connectivity index (χ2v) is 5.59. The third-order valence-corrected chi connectivity index (χ3v) is 3.71. The Hall–Kier alpha value is -1.000. The summed E-state index contributed by atoms with van der Waals surface area (Å²) in [4.78, 5) is 0. The molecule has 0 saturated heterocycles. The third-order valence-electron chi connectivity index (χ3n) is 3.18. The summed E-state index contributed by atoms with van der Waals surface area (Å²) in [6, 6.07) is 7.95. The molecule has 0 bridgehead atoms. The van der Waals surface area contributed by atoms with Crippen LogP contribution in [0.4, 0.5) is 0 Å². The molecule has 0 aliphatic heterocycles. The van der Waals surface area contributed by atoms with Crippen molar-refractivity contribution in [1.82, 2.24) is 10.2 Å². The first-order chi connectivity index (χ1) is 9.16. The van der Waals surface area contributed by atoms with Crippen molar-refractivity contribution >= 4 is 28.3 Å². The van der Waals surface area contributed by atoms with Gasteiger partial charge in [0, 0.05) is 10.2 Å². The summed E-state index contributed by atoms with van der Waals surface area (Å²) in [6.07, 6.45) is 3.25. The van der Waals surface area contributed by atoms with Crippen molar-refractivity contribution in [2.24, 2.45) is 0 Å². The lowest BCUT2D eigenvalue weighted by Gasteiger charge is -2.06. The molecule has 0 saturated carbocycles. The summed E-state index contributed by atoms with van der Waals surface area (Å²) in [6.45, 7) is 4.89. The Morgan fingerprint density at radius 3 is 2.45 bits per heavy atom. The number of aromatic amines is 1. The van der Waals surface area contributed by atoms with Gasteiger partial charge in [0.1, 0.15) is 5.75 Å². The van der Waals surface area contributed by atoms with Gasteiger partial charge < -0.3 is 4.74 Å². The van der Waals surface area contributed by atoms with Gasteiger partial charge in [-0.2, -0.15) is 5.10 Å². The molecule has 3 nitrogen and oxygen atoms in total. The highest BCUT2D eigenvalue weighted by Crippen LogP contribution is 2.17. The molecule has 1 aromatic carbocycles. The van der Waals surface area contributed by atoms with Gasteiger partial charge in [-0.15, -0.1) is 12.4 Å². The van der Waals surface area contributed by atoms with Crippen molar-refractivity contribution in [2.75, 3.05) is 6.61 Å². The minimum Gasteiger partial charge on any atom is -0.494 e. The van der Waals surface area contributed by atoms with E-state index in [-0.39, 0.29) is 12.4 Å². The molecule has 0 atom stereocenters. The van der Waals surface area contributed by atoms with Crippen LogP contribution in [0.3, 0.4) is 0 Å². The molecule has 1 aromatic heterocycles. The molecule has 20 heavy (non-hydrogen) atoms. The number of halogens is 2. The maximum atomic E-state index is 5.70. The zero-order valence-corrected chi connectivity index (χ0v) is 14.2. The van der Waals surface area contributed by atoms with Crippen molar-refractivity contribution in [3.05, 3.63) is 45.7 Å². The first-order valence-corrected chi connectivity index (χ1v) is 7.35. The van der Waals surface area contributed by atoms with E-state index in [1.807, 2.05) is 24.3 Å². The predicted octanol–water partition coefficient (Wildman–Crippen LogP) is 4.61. The number of hydrogen-bond donors (Lipinski definition) is 1. The van der Waals surface area contributed by atoms with E-state index < -0.39 is 0 Å². The summed E-state index contributed by atoms with van der Waals surface area (Å²) in [5.41, 5.74) is 3.65. The first-order valence-electron chi connectivity index (χ1n) is 6.55. The fraction of sp³-hybridized carbons (Fsp3) is 0.400. The van der Waals surface area contributed by atoms with Gasteiger partial charge in [-0.05, 0) is 62.9 Å². The van der Waals surface area contributed by atoms with Crippen LogP contribution in [0.5, 0.6) is 5.75 Å². The zero-order chi connectivity index (χ0) is 13.7. The van der Waals surface area contributed by atoms with Gasteiger partial charge in [-0.25, -0.2) is 0 Å². The molecule has 1 heterocycles. The number of rotatable bonds is 6. The van der Waals surface area contributed by atoms with Crippen molar-refractivity contribution in [1.29, 1.82) is 0 Å². The van der Waals surface area contributed by atoms with E-state index in [1.165, 1.54) is 11.3 Å². The number of hydrogen-bond acceptors (Lipinski definition) is 2. The van der Waals surface area contributed by atoms with E-state index in [1.54, 1.807) is 0 Å². The lowest BCUT2D eigenvalue weighted by atomic mass is 10.1. The summed E-state index contributed by atoms with van der Waals surface area (Å²) in [7, 11) is 0. The van der Waals surface area contributed by atoms with Crippen LogP contribution in [-0.2, 0) is 6.42 Å². The van der Waals surface area contributed by atoms with E-state index >= 15 is 0 Å². The highest BCUT2D eigenvalue weighted by Gasteiger charge is 2.05. The van der Waals surface area contributed by atoms with E-state index in [0.717, 1.165) is 41.8 Å². The van der Waals surface area contributed by atoms with Gasteiger partial charge in [0.25, 0.3) is 0 Å². The number of aromatic nitrogens is 2. The lowest BCUT2D eigenvalue weighted by molar-refractivity contribution is 0.307. The Morgan fingerprint density at radius 1 is 1.15 bits per heavy atom. The fourth-order valence-corrected chi connectivity index (χ4v) is 2.33. The second kappa shape index (κ2) is 8.32. The van der Waals surface area contributed by atoms with Crippen molar-refractivity contribution in [2.45, 2.75) is 33.1 Å². The van der Waals surface area contributed by atoms with E-state index in [4.69, 9.17) is 4.74 Å². The number of unbranched alkanes of at least 4 members (excludes halogenated alkanes) is 1. The molecule has 2 aromatic rings. The van der Waals surface area contributed by atoms with Gasteiger partial charge in [0.15, 0.2) is 0 Å². The molecule has 0 fully saturated rings. The van der Waals surface area contributed by atoms with Crippen molar-refractivity contribution in [3.63, 3.8) is 0 Å². The van der Waals surface area contributed by atoms with Gasteiger partial charge >= 0.3 is 0 Å². The van der Waals surface area contributed by atoms with Crippen LogP contribution < -0.4 is 4.74 Å². The number of nitrogens with one attached hydrogen (secondary N) is 1. The minimum absolute atomic E-state index is 0. The smallest absolute Gasteiger partial charge is 0.119 e. The summed E-state index contributed by atoms with van der Waals surface area (Å²) in [5, 5.41) is 7.23. The van der Waals surface area contributed by atoms with Crippen molar-refractivity contribution in [3.8, 4) is 5.75 Å². The minimum atomic E-state index is 0. The number of ether oxygens (including phenoxy) is 1. The largest absolute Gasteiger partial charge is 0.494 e. The second-order valence-electron chi connectivity index (χ2n) is 4.67. The summed E-state index contributed by atoms with van der Waals surface area (Å²) in [5.74, 6) is 0.930. The molecule has 5 heteroatoms. The van der Waals surface area contributed by atoms with E-state index in [9.17, 15) is 0 Å². The molecule has 1 N–H and O–H groups in total. The molecular weight excluding hydrogens is 340 g/mol. The summed E-state index contributed by atoms with van der Waals surface area (Å²) >= 11 is 3.41. The average molecular weight is 360 g/mol. The number of nitrogens with zero attached hydrogens (tertiary/aromatic N) is 1. The third kappa shape index (κ3) is 4.84. The Balaban J connectivity index is 0.00000200. The molecule has 0 spiro atoms. The van der Waals surface area contributed by atoms with Crippen molar-refractivity contribution < 1.29 is 4.74 Å². The molecule has 0 aliphatic rings. The molecule has 0 aliphatic carbocycles. The van der Waals surface area contributed by atoms with Gasteiger partial charge in [0.05, 0.1) is 12.3 Å². The van der Waals surface area contributed by atoms with Crippen LogP contribution in [0, 0.1) is 13.8 Å². The topological polar surface area (TPSA) is 37.9 Å². The Labute approximate surface area is 134 Å². The molecule has 0 unspecified atom stereocenters. The number of benzene rings is 1. The normalized spacial score (nSPS) is 10.2. The average Bonchev–Trinajstić information content (AvgIpc) is 2.72. The van der Waals surface area contributed by atoms with E-state index in [0.29, 0.717) is 0 Å². The summed E-state index contributed by atoms with van der Waals surface area (Å²) < 4.78 is 6.77. The van der Waals surface area contributed by atoms with Crippen LogP contribution in [0.1, 0.15) is 29.8 Å². The maximum absolute atomic E-state index is 5.70. The Morgan fingerprint density at radius 2 is 1.85 bits per heavy atom. The first kappa shape index (κ1) is 17.1. The van der Waals surface area contributed by atoms with Gasteiger partial charge in [-0.3, -0.25) is 5.10 Å². The molecular formula is C15H20BrClN2O. The SMILES string of the molecule is Cc1n[nH]c(C)c1CCCCOc1ccc(Br)cc1.Cl. The molecule has 2 rings (SSSR count). The molecule has 110 valence electrons. The zero-order valence-electron chi connectivity index (χ0n) is 11.8.